The van der Waals surface area contributed by atoms with E-state index in [0.717, 1.165) is 24.7 Å². The van der Waals surface area contributed by atoms with Crippen LogP contribution < -0.4 is 15.0 Å². The summed E-state index contributed by atoms with van der Waals surface area (Å²) in [6, 6.07) is 3.88. The molecule has 1 aromatic heterocycles. The molecule has 1 rings (SSSR count). The van der Waals surface area contributed by atoms with Crippen molar-refractivity contribution in [2.75, 3.05) is 32.1 Å². The number of rotatable bonds is 7. The normalized spacial score (nSPS) is 12.6. The highest BCUT2D eigenvalue weighted by atomic mass is 16.5. The van der Waals surface area contributed by atoms with Crippen molar-refractivity contribution in [3.8, 4) is 5.75 Å². The van der Waals surface area contributed by atoms with Crippen LogP contribution in [0, 0.1) is 5.92 Å². The number of aromatic nitrogens is 1. The van der Waals surface area contributed by atoms with E-state index in [4.69, 9.17) is 4.74 Å². The largest absolute Gasteiger partial charge is 0.487 e. The lowest BCUT2D eigenvalue weighted by atomic mass is 10.1. The highest BCUT2D eigenvalue weighted by molar-refractivity contribution is 5.51. The van der Waals surface area contributed by atoms with Gasteiger partial charge in [-0.25, -0.2) is 4.98 Å². The van der Waals surface area contributed by atoms with Crippen molar-refractivity contribution in [2.24, 2.45) is 5.92 Å². The van der Waals surface area contributed by atoms with Gasteiger partial charge in [0, 0.05) is 19.8 Å². The van der Waals surface area contributed by atoms with E-state index in [2.05, 4.69) is 29.2 Å². The Kier molecular flexibility index (Phi) is 5.92. The van der Waals surface area contributed by atoms with E-state index in [0.29, 0.717) is 5.92 Å². The SMILES string of the molecule is CNCC(C)CN(C)c1ncccc1OC(C)C. The van der Waals surface area contributed by atoms with Gasteiger partial charge in [0.05, 0.1) is 6.10 Å². The average molecular weight is 251 g/mol. The molecule has 1 aromatic rings. The molecule has 0 saturated carbocycles. The van der Waals surface area contributed by atoms with Crippen molar-refractivity contribution in [1.29, 1.82) is 0 Å². The van der Waals surface area contributed by atoms with Gasteiger partial charge >= 0.3 is 0 Å². The van der Waals surface area contributed by atoms with Gasteiger partial charge in [-0.05, 0) is 45.5 Å². The van der Waals surface area contributed by atoms with E-state index in [9.17, 15) is 0 Å². The van der Waals surface area contributed by atoms with Gasteiger partial charge in [0.15, 0.2) is 11.6 Å². The summed E-state index contributed by atoms with van der Waals surface area (Å²) in [4.78, 5) is 6.58. The number of hydrogen-bond acceptors (Lipinski definition) is 4. The minimum absolute atomic E-state index is 0.163. The molecule has 0 radical (unpaired) electrons. The van der Waals surface area contributed by atoms with Gasteiger partial charge in [0.1, 0.15) is 0 Å². The van der Waals surface area contributed by atoms with E-state index in [-0.39, 0.29) is 6.10 Å². The third kappa shape index (κ3) is 4.53. The van der Waals surface area contributed by atoms with Crippen molar-refractivity contribution in [3.05, 3.63) is 18.3 Å². The van der Waals surface area contributed by atoms with Crippen molar-refractivity contribution in [1.82, 2.24) is 10.3 Å². The average Bonchev–Trinajstić information content (AvgIpc) is 2.28. The van der Waals surface area contributed by atoms with Crippen LogP contribution in [0.5, 0.6) is 5.75 Å². The molecule has 0 saturated heterocycles. The summed E-state index contributed by atoms with van der Waals surface area (Å²) in [5.74, 6) is 2.33. The van der Waals surface area contributed by atoms with Crippen molar-refractivity contribution in [2.45, 2.75) is 26.9 Å². The maximum Gasteiger partial charge on any atom is 0.171 e. The Labute approximate surface area is 110 Å². The summed E-state index contributed by atoms with van der Waals surface area (Å²) in [6.45, 7) is 8.23. The monoisotopic (exact) mass is 251 g/mol. The second-order valence-corrected chi connectivity index (χ2v) is 5.04. The molecule has 0 aliphatic rings. The predicted octanol–water partition coefficient (Wildman–Crippen LogP) is 2.16. The lowest BCUT2D eigenvalue weighted by Crippen LogP contribution is -2.30. The number of ether oxygens (including phenoxy) is 1. The highest BCUT2D eigenvalue weighted by Crippen LogP contribution is 2.25. The van der Waals surface area contributed by atoms with Crippen LogP contribution >= 0.6 is 0 Å². The molecule has 0 aliphatic heterocycles. The molecule has 0 aromatic carbocycles. The molecule has 0 bridgehead atoms. The highest BCUT2D eigenvalue weighted by Gasteiger charge is 2.13. The first-order valence-corrected chi connectivity index (χ1v) is 6.52. The summed E-state index contributed by atoms with van der Waals surface area (Å²) in [6.07, 6.45) is 1.97. The Hall–Kier alpha value is -1.29. The van der Waals surface area contributed by atoms with Gasteiger partial charge in [0.25, 0.3) is 0 Å². The Morgan fingerprint density at radius 2 is 2.11 bits per heavy atom. The van der Waals surface area contributed by atoms with Gasteiger partial charge in [-0.3, -0.25) is 0 Å². The van der Waals surface area contributed by atoms with Crippen LogP contribution in [0.15, 0.2) is 18.3 Å². The van der Waals surface area contributed by atoms with Crippen LogP contribution in [0.25, 0.3) is 0 Å². The second-order valence-electron chi connectivity index (χ2n) is 5.04. The van der Waals surface area contributed by atoms with Crippen LogP contribution in [0.2, 0.25) is 0 Å². The summed E-state index contributed by atoms with van der Waals surface area (Å²) in [5.41, 5.74) is 0. The Bertz CT molecular complexity index is 355. The molecule has 1 unspecified atom stereocenters. The van der Waals surface area contributed by atoms with Crippen molar-refractivity contribution in [3.63, 3.8) is 0 Å². The third-order valence-electron chi connectivity index (χ3n) is 2.61. The van der Waals surface area contributed by atoms with Crippen LogP contribution in [0.4, 0.5) is 5.82 Å². The van der Waals surface area contributed by atoms with Gasteiger partial charge in [-0.15, -0.1) is 0 Å². The Morgan fingerprint density at radius 3 is 2.72 bits per heavy atom. The van der Waals surface area contributed by atoms with Crippen LogP contribution in [-0.4, -0.2) is 38.3 Å². The van der Waals surface area contributed by atoms with Gasteiger partial charge < -0.3 is 15.0 Å². The standard InChI is InChI=1S/C14H25N3O/c1-11(2)18-13-7-6-8-16-14(13)17(5)10-12(3)9-15-4/h6-8,11-12,15H,9-10H2,1-5H3. The summed E-state index contributed by atoms with van der Waals surface area (Å²) in [5, 5.41) is 3.19. The van der Waals surface area contributed by atoms with E-state index in [1.807, 2.05) is 39.2 Å². The van der Waals surface area contributed by atoms with Gasteiger partial charge in [-0.2, -0.15) is 0 Å². The van der Waals surface area contributed by atoms with Crippen LogP contribution in [0.3, 0.4) is 0 Å². The van der Waals surface area contributed by atoms with E-state index < -0.39 is 0 Å². The fourth-order valence-corrected chi connectivity index (χ4v) is 1.98. The smallest absolute Gasteiger partial charge is 0.171 e. The Morgan fingerprint density at radius 1 is 1.39 bits per heavy atom. The first-order chi connectivity index (χ1) is 8.54. The minimum atomic E-state index is 0.163. The molecular weight excluding hydrogens is 226 g/mol. The topological polar surface area (TPSA) is 37.4 Å². The van der Waals surface area contributed by atoms with E-state index in [1.165, 1.54) is 0 Å². The van der Waals surface area contributed by atoms with Crippen molar-refractivity contribution < 1.29 is 4.74 Å². The maximum atomic E-state index is 5.79. The summed E-state index contributed by atoms with van der Waals surface area (Å²) < 4.78 is 5.79. The molecule has 1 atom stereocenters. The number of nitrogens with zero attached hydrogens (tertiary/aromatic N) is 2. The molecule has 1 heterocycles. The van der Waals surface area contributed by atoms with Crippen molar-refractivity contribution >= 4 is 5.82 Å². The number of pyridine rings is 1. The van der Waals surface area contributed by atoms with Gasteiger partial charge in [0.2, 0.25) is 0 Å². The van der Waals surface area contributed by atoms with Crippen LogP contribution in [-0.2, 0) is 0 Å². The van der Waals surface area contributed by atoms with E-state index >= 15 is 0 Å². The van der Waals surface area contributed by atoms with Gasteiger partial charge in [-0.1, -0.05) is 6.92 Å². The minimum Gasteiger partial charge on any atom is -0.487 e. The summed E-state index contributed by atoms with van der Waals surface area (Å²) >= 11 is 0. The molecule has 102 valence electrons. The fraction of sp³-hybridized carbons (Fsp3) is 0.643. The fourth-order valence-electron chi connectivity index (χ4n) is 1.98. The first-order valence-electron chi connectivity index (χ1n) is 6.52. The number of hydrogen-bond donors (Lipinski definition) is 1. The molecule has 4 nitrogen and oxygen atoms in total. The zero-order valence-electron chi connectivity index (χ0n) is 12.1. The molecule has 1 N–H and O–H groups in total. The quantitative estimate of drug-likeness (QED) is 0.806. The molecule has 0 fully saturated rings. The molecule has 0 spiro atoms. The predicted molar refractivity (Wildman–Crippen MR) is 76.4 cm³/mol. The molecular formula is C14H25N3O. The number of nitrogens with one attached hydrogen (secondary N) is 1. The third-order valence-corrected chi connectivity index (χ3v) is 2.61. The van der Waals surface area contributed by atoms with E-state index in [1.54, 1.807) is 0 Å². The zero-order chi connectivity index (χ0) is 13.5. The Balaban J connectivity index is 2.74. The number of anilines is 1. The van der Waals surface area contributed by atoms with Crippen LogP contribution in [0.1, 0.15) is 20.8 Å². The second kappa shape index (κ2) is 7.21. The molecule has 0 aliphatic carbocycles. The summed E-state index contributed by atoms with van der Waals surface area (Å²) in [7, 11) is 4.03. The lowest BCUT2D eigenvalue weighted by molar-refractivity contribution is 0.242. The zero-order valence-corrected chi connectivity index (χ0v) is 12.1. The molecule has 0 amide bonds. The lowest BCUT2D eigenvalue weighted by Gasteiger charge is -2.24. The molecule has 18 heavy (non-hydrogen) atoms. The first kappa shape index (κ1) is 14.8. The maximum absolute atomic E-state index is 5.79. The molecule has 4 heteroatoms.